The number of hydrogen-bond donors (Lipinski definition) is 0. The molecule has 3 heterocycles. The van der Waals surface area contributed by atoms with E-state index < -0.39 is 10.0 Å². The van der Waals surface area contributed by atoms with E-state index in [4.69, 9.17) is 0 Å². The van der Waals surface area contributed by atoms with Crippen LogP contribution in [-0.4, -0.2) is 67.8 Å². The average molecular weight is 443 g/mol. The van der Waals surface area contributed by atoms with Crippen LogP contribution in [-0.2, 0) is 14.8 Å². The summed E-state index contributed by atoms with van der Waals surface area (Å²) in [5.74, 6) is -0.258. The molecule has 0 bridgehead atoms. The summed E-state index contributed by atoms with van der Waals surface area (Å²) < 4.78 is 27.3. The number of rotatable bonds is 4. The number of aryl methyl sites for hydroxylation is 2. The number of benzene rings is 1. The van der Waals surface area contributed by atoms with E-state index >= 15 is 0 Å². The third-order valence-electron chi connectivity index (χ3n) is 6.46. The lowest BCUT2D eigenvalue weighted by Crippen LogP contribution is -2.51. The van der Waals surface area contributed by atoms with E-state index in [1.807, 2.05) is 11.8 Å². The Morgan fingerprint density at radius 1 is 1.06 bits per heavy atom. The molecule has 2 saturated heterocycles. The van der Waals surface area contributed by atoms with Crippen LogP contribution >= 0.6 is 0 Å². The molecule has 7 nitrogen and oxygen atoms in total. The number of carbonyl (C=O) groups is 1. The van der Waals surface area contributed by atoms with Crippen LogP contribution in [0.5, 0.6) is 0 Å². The number of amides is 1. The van der Waals surface area contributed by atoms with E-state index in [0.717, 1.165) is 13.1 Å². The fraction of sp³-hybridized carbons (Fsp3) is 0.478. The lowest BCUT2D eigenvalue weighted by atomic mass is 9.96. The first-order chi connectivity index (χ1) is 14.8. The number of carbonyl (C=O) groups excluding carboxylic acids is 1. The zero-order valence-electron chi connectivity index (χ0n) is 18.4. The van der Waals surface area contributed by atoms with E-state index in [2.05, 4.69) is 41.9 Å². The van der Waals surface area contributed by atoms with Crippen molar-refractivity contribution < 1.29 is 13.2 Å². The van der Waals surface area contributed by atoms with Crippen LogP contribution in [0, 0.1) is 25.7 Å². The van der Waals surface area contributed by atoms with Gasteiger partial charge in [0.2, 0.25) is 15.9 Å². The third-order valence-corrected chi connectivity index (χ3v) is 8.28. The molecule has 2 atom stereocenters. The first-order valence-electron chi connectivity index (χ1n) is 10.8. The minimum atomic E-state index is -3.63. The summed E-state index contributed by atoms with van der Waals surface area (Å²) in [7, 11) is -3.63. The number of nitrogens with zero attached hydrogens (tertiary/aromatic N) is 4. The minimum absolute atomic E-state index is 0.0176. The van der Waals surface area contributed by atoms with Gasteiger partial charge in [-0.1, -0.05) is 19.1 Å². The molecule has 0 unspecified atom stereocenters. The van der Waals surface area contributed by atoms with Gasteiger partial charge >= 0.3 is 0 Å². The van der Waals surface area contributed by atoms with Crippen LogP contribution in [0.1, 0.15) is 18.1 Å². The molecule has 0 radical (unpaired) electrons. The van der Waals surface area contributed by atoms with Crippen molar-refractivity contribution in [2.24, 2.45) is 11.8 Å². The number of sulfonamides is 1. The second kappa shape index (κ2) is 8.59. The highest BCUT2D eigenvalue weighted by Crippen LogP contribution is 2.30. The molecule has 0 N–H and O–H groups in total. The number of pyridine rings is 1. The van der Waals surface area contributed by atoms with Crippen LogP contribution in [0.2, 0.25) is 0 Å². The molecular formula is C23H30N4O3S. The van der Waals surface area contributed by atoms with E-state index in [-0.39, 0.29) is 29.2 Å². The molecule has 4 rings (SSSR count). The van der Waals surface area contributed by atoms with Crippen molar-refractivity contribution in [1.29, 1.82) is 0 Å². The summed E-state index contributed by atoms with van der Waals surface area (Å²) in [6.45, 7) is 9.65. The van der Waals surface area contributed by atoms with Gasteiger partial charge in [-0.2, -0.15) is 4.31 Å². The fourth-order valence-corrected chi connectivity index (χ4v) is 6.08. The van der Waals surface area contributed by atoms with Crippen molar-refractivity contribution in [3.05, 3.63) is 53.9 Å². The topological polar surface area (TPSA) is 73.8 Å². The maximum atomic E-state index is 13.3. The summed E-state index contributed by atoms with van der Waals surface area (Å²) in [6, 6.07) is 9.62. The van der Waals surface area contributed by atoms with Crippen molar-refractivity contribution in [3.8, 4) is 0 Å². The van der Waals surface area contributed by atoms with Gasteiger partial charge in [0.25, 0.3) is 0 Å². The second-order valence-corrected chi connectivity index (χ2v) is 10.6. The number of anilines is 1. The normalized spacial score (nSPS) is 22.7. The van der Waals surface area contributed by atoms with Crippen molar-refractivity contribution >= 4 is 21.6 Å². The first-order valence-corrected chi connectivity index (χ1v) is 12.2. The maximum absolute atomic E-state index is 13.3. The maximum Gasteiger partial charge on any atom is 0.244 e. The van der Waals surface area contributed by atoms with Gasteiger partial charge in [-0.15, -0.1) is 0 Å². The third kappa shape index (κ3) is 4.32. The van der Waals surface area contributed by atoms with E-state index in [9.17, 15) is 13.2 Å². The molecule has 1 aromatic carbocycles. The second-order valence-electron chi connectivity index (χ2n) is 8.70. The SMILES string of the molecule is Cc1ccc(C)c(N2CCN(C(=O)[C@@H]3CN(S(=O)(=O)c4cccnc4)C[C@H]3C)CC2)c1. The molecule has 31 heavy (non-hydrogen) atoms. The van der Waals surface area contributed by atoms with Crippen LogP contribution in [0.4, 0.5) is 5.69 Å². The zero-order valence-corrected chi connectivity index (χ0v) is 19.2. The highest BCUT2D eigenvalue weighted by Gasteiger charge is 2.42. The lowest BCUT2D eigenvalue weighted by Gasteiger charge is -2.38. The van der Waals surface area contributed by atoms with Gasteiger partial charge < -0.3 is 9.80 Å². The monoisotopic (exact) mass is 442 g/mol. The quantitative estimate of drug-likeness (QED) is 0.727. The molecule has 2 aliphatic rings. The molecule has 0 spiro atoms. The molecule has 8 heteroatoms. The van der Waals surface area contributed by atoms with Crippen molar-refractivity contribution in [3.63, 3.8) is 0 Å². The van der Waals surface area contributed by atoms with Gasteiger partial charge in [0.15, 0.2) is 0 Å². The van der Waals surface area contributed by atoms with Gasteiger partial charge in [0.05, 0.1) is 5.92 Å². The number of piperazine rings is 1. The summed E-state index contributed by atoms with van der Waals surface area (Å²) in [4.78, 5) is 21.6. The van der Waals surface area contributed by atoms with Crippen molar-refractivity contribution in [2.75, 3.05) is 44.2 Å². The van der Waals surface area contributed by atoms with Gasteiger partial charge in [0, 0.05) is 57.3 Å². The fourth-order valence-electron chi connectivity index (χ4n) is 4.55. The predicted octanol–water partition coefficient (Wildman–Crippen LogP) is 2.30. The first kappa shape index (κ1) is 21.8. The lowest BCUT2D eigenvalue weighted by molar-refractivity contribution is -0.136. The Kier molecular flexibility index (Phi) is 6.03. The zero-order chi connectivity index (χ0) is 22.2. The van der Waals surface area contributed by atoms with Gasteiger partial charge in [-0.3, -0.25) is 9.78 Å². The van der Waals surface area contributed by atoms with E-state index in [1.54, 1.807) is 18.3 Å². The summed E-state index contributed by atoms with van der Waals surface area (Å²) in [5, 5.41) is 0. The van der Waals surface area contributed by atoms with E-state index in [0.29, 0.717) is 19.6 Å². The minimum Gasteiger partial charge on any atom is -0.368 e. The Bertz CT molecular complexity index is 1050. The molecular weight excluding hydrogens is 412 g/mol. The molecule has 1 amide bonds. The van der Waals surface area contributed by atoms with Gasteiger partial charge in [-0.05, 0) is 49.1 Å². The number of hydrogen-bond acceptors (Lipinski definition) is 5. The molecule has 2 aliphatic heterocycles. The number of aromatic nitrogens is 1. The Balaban J connectivity index is 1.41. The molecule has 1 aromatic heterocycles. The molecule has 2 fully saturated rings. The highest BCUT2D eigenvalue weighted by atomic mass is 32.2. The Morgan fingerprint density at radius 2 is 1.81 bits per heavy atom. The molecule has 0 saturated carbocycles. The summed E-state index contributed by atoms with van der Waals surface area (Å²) in [6.07, 6.45) is 2.91. The van der Waals surface area contributed by atoms with Crippen molar-refractivity contribution in [2.45, 2.75) is 25.7 Å². The van der Waals surface area contributed by atoms with E-state index in [1.165, 1.54) is 27.3 Å². The van der Waals surface area contributed by atoms with Crippen LogP contribution < -0.4 is 4.90 Å². The molecule has 2 aromatic rings. The summed E-state index contributed by atoms with van der Waals surface area (Å²) in [5.41, 5.74) is 3.70. The Hall–Kier alpha value is -2.45. The van der Waals surface area contributed by atoms with Crippen molar-refractivity contribution in [1.82, 2.24) is 14.2 Å². The largest absolute Gasteiger partial charge is 0.368 e. The standard InChI is InChI=1S/C23H30N4O3S/c1-17-6-7-18(2)22(13-17)25-9-11-26(12-10-25)23(28)21-16-27(15-19(21)3)31(29,30)20-5-4-8-24-14-20/h4-8,13-14,19,21H,9-12,15-16H2,1-3H3/t19-,21-/m1/s1. The highest BCUT2D eigenvalue weighted by molar-refractivity contribution is 7.89. The van der Waals surface area contributed by atoms with Crippen LogP contribution in [0.15, 0.2) is 47.6 Å². The van der Waals surface area contributed by atoms with Gasteiger partial charge in [0.1, 0.15) is 4.90 Å². The van der Waals surface area contributed by atoms with Gasteiger partial charge in [-0.25, -0.2) is 8.42 Å². The predicted molar refractivity (Wildman–Crippen MR) is 120 cm³/mol. The Morgan fingerprint density at radius 3 is 2.48 bits per heavy atom. The smallest absolute Gasteiger partial charge is 0.244 e. The van der Waals surface area contributed by atoms with Crippen LogP contribution in [0.3, 0.4) is 0 Å². The average Bonchev–Trinajstić information content (AvgIpc) is 3.18. The molecule has 166 valence electrons. The summed E-state index contributed by atoms with van der Waals surface area (Å²) >= 11 is 0. The Labute approximate surface area is 184 Å². The van der Waals surface area contributed by atoms with Crippen LogP contribution in [0.25, 0.3) is 0 Å². The molecule has 0 aliphatic carbocycles.